The first-order valence-corrected chi connectivity index (χ1v) is 8.57. The summed E-state index contributed by atoms with van der Waals surface area (Å²) < 4.78 is 31.3. The average molecular weight is 315 g/mol. The number of hydrogen-bond acceptors (Lipinski definition) is 5. The lowest BCUT2D eigenvalue weighted by atomic mass is 10.1. The van der Waals surface area contributed by atoms with E-state index in [1.165, 1.54) is 0 Å². The smallest absolute Gasteiger partial charge is 0.240 e. The van der Waals surface area contributed by atoms with Crippen LogP contribution in [0.5, 0.6) is 0 Å². The maximum absolute atomic E-state index is 11.8. The molecule has 0 aliphatic heterocycles. The number of sulfonamides is 1. The topological polar surface area (TPSA) is 93.5 Å². The average Bonchev–Trinajstić information content (AvgIpc) is 2.45. The van der Waals surface area contributed by atoms with Gasteiger partial charge in [-0.1, -0.05) is 6.92 Å². The van der Waals surface area contributed by atoms with Crippen LogP contribution in [0, 0.1) is 0 Å². The quantitative estimate of drug-likeness (QED) is 0.602. The summed E-state index contributed by atoms with van der Waals surface area (Å²) in [5, 5.41) is 3.33. The SMILES string of the molecule is CCNS(=O)(=O)c1ccc(NC(CCCN)COC)cc1. The van der Waals surface area contributed by atoms with Crippen LogP contribution in [0.25, 0.3) is 0 Å². The molecule has 1 atom stereocenters. The Balaban J connectivity index is 2.72. The number of nitrogens with one attached hydrogen (secondary N) is 2. The van der Waals surface area contributed by atoms with E-state index < -0.39 is 10.0 Å². The third kappa shape index (κ3) is 6.01. The summed E-state index contributed by atoms with van der Waals surface area (Å²) in [5.74, 6) is 0. The molecule has 0 aromatic heterocycles. The Hall–Kier alpha value is -1.15. The van der Waals surface area contributed by atoms with E-state index >= 15 is 0 Å². The molecule has 0 aliphatic rings. The normalized spacial score (nSPS) is 13.1. The molecule has 1 aromatic carbocycles. The van der Waals surface area contributed by atoms with Gasteiger partial charge in [-0.2, -0.15) is 0 Å². The van der Waals surface area contributed by atoms with Gasteiger partial charge in [0.1, 0.15) is 0 Å². The summed E-state index contributed by atoms with van der Waals surface area (Å²) in [4.78, 5) is 0.264. The van der Waals surface area contributed by atoms with E-state index in [0.29, 0.717) is 19.7 Å². The fourth-order valence-electron chi connectivity index (χ4n) is 2.00. The highest BCUT2D eigenvalue weighted by molar-refractivity contribution is 7.89. The van der Waals surface area contributed by atoms with Gasteiger partial charge in [0.25, 0.3) is 0 Å². The van der Waals surface area contributed by atoms with Gasteiger partial charge in [-0.25, -0.2) is 13.1 Å². The van der Waals surface area contributed by atoms with E-state index in [2.05, 4.69) is 10.0 Å². The van der Waals surface area contributed by atoms with Crippen molar-refractivity contribution in [2.75, 3.05) is 32.1 Å². The van der Waals surface area contributed by atoms with Gasteiger partial charge in [0.15, 0.2) is 0 Å². The minimum Gasteiger partial charge on any atom is -0.383 e. The van der Waals surface area contributed by atoms with Crippen molar-refractivity contribution < 1.29 is 13.2 Å². The zero-order chi connectivity index (χ0) is 15.7. The Bertz CT molecular complexity index is 503. The van der Waals surface area contributed by atoms with Gasteiger partial charge >= 0.3 is 0 Å². The van der Waals surface area contributed by atoms with Crippen LogP contribution in [0.1, 0.15) is 19.8 Å². The number of methoxy groups -OCH3 is 1. The Morgan fingerprint density at radius 3 is 2.48 bits per heavy atom. The van der Waals surface area contributed by atoms with Crippen LogP contribution in [-0.4, -0.2) is 41.3 Å². The molecule has 0 fully saturated rings. The van der Waals surface area contributed by atoms with E-state index in [0.717, 1.165) is 18.5 Å². The third-order valence-electron chi connectivity index (χ3n) is 2.99. The van der Waals surface area contributed by atoms with E-state index in [9.17, 15) is 8.42 Å². The molecular weight excluding hydrogens is 290 g/mol. The van der Waals surface area contributed by atoms with Crippen molar-refractivity contribution in [3.8, 4) is 0 Å². The number of hydrogen-bond donors (Lipinski definition) is 3. The maximum Gasteiger partial charge on any atom is 0.240 e. The van der Waals surface area contributed by atoms with Crippen molar-refractivity contribution in [2.24, 2.45) is 5.73 Å². The highest BCUT2D eigenvalue weighted by Crippen LogP contribution is 2.16. The van der Waals surface area contributed by atoms with Crippen molar-refractivity contribution in [3.63, 3.8) is 0 Å². The molecular formula is C14H25N3O3S. The van der Waals surface area contributed by atoms with E-state index in [4.69, 9.17) is 10.5 Å². The van der Waals surface area contributed by atoms with Gasteiger partial charge in [0.05, 0.1) is 11.5 Å². The fraction of sp³-hybridized carbons (Fsp3) is 0.571. The monoisotopic (exact) mass is 315 g/mol. The van der Waals surface area contributed by atoms with Gasteiger partial charge in [-0.15, -0.1) is 0 Å². The molecule has 120 valence electrons. The molecule has 0 spiro atoms. The van der Waals surface area contributed by atoms with Crippen LogP contribution < -0.4 is 15.8 Å². The summed E-state index contributed by atoms with van der Waals surface area (Å²) in [5.41, 5.74) is 6.39. The van der Waals surface area contributed by atoms with Crippen molar-refractivity contribution in [3.05, 3.63) is 24.3 Å². The second-order valence-corrected chi connectivity index (χ2v) is 6.52. The second-order valence-electron chi connectivity index (χ2n) is 4.75. The molecule has 0 amide bonds. The molecule has 1 rings (SSSR count). The zero-order valence-electron chi connectivity index (χ0n) is 12.6. The molecule has 0 heterocycles. The Morgan fingerprint density at radius 1 is 1.29 bits per heavy atom. The molecule has 1 aromatic rings. The van der Waals surface area contributed by atoms with E-state index in [1.807, 2.05) is 0 Å². The minimum absolute atomic E-state index is 0.162. The third-order valence-corrected chi connectivity index (χ3v) is 4.56. The first-order chi connectivity index (χ1) is 10.0. The van der Waals surface area contributed by atoms with Crippen molar-refractivity contribution in [1.29, 1.82) is 0 Å². The molecule has 0 saturated carbocycles. The molecule has 7 heteroatoms. The molecule has 0 bridgehead atoms. The van der Waals surface area contributed by atoms with Gasteiger partial charge < -0.3 is 15.8 Å². The number of benzene rings is 1. The highest BCUT2D eigenvalue weighted by Gasteiger charge is 2.13. The minimum atomic E-state index is -3.40. The number of anilines is 1. The Kier molecular flexibility index (Phi) is 7.66. The van der Waals surface area contributed by atoms with Crippen LogP contribution in [0.3, 0.4) is 0 Å². The molecule has 0 aliphatic carbocycles. The van der Waals surface area contributed by atoms with E-state index in [-0.39, 0.29) is 10.9 Å². The van der Waals surface area contributed by atoms with Crippen LogP contribution in [-0.2, 0) is 14.8 Å². The van der Waals surface area contributed by atoms with E-state index in [1.54, 1.807) is 38.3 Å². The fourth-order valence-corrected chi connectivity index (χ4v) is 3.04. The number of nitrogens with two attached hydrogens (primary N) is 1. The van der Waals surface area contributed by atoms with Gasteiger partial charge in [-0.3, -0.25) is 0 Å². The standard InChI is InChI=1S/C14H25N3O3S/c1-3-16-21(18,19)14-8-6-12(7-9-14)17-13(11-20-2)5-4-10-15/h6-9,13,16-17H,3-5,10-11,15H2,1-2H3. The predicted molar refractivity (Wildman–Crippen MR) is 84.9 cm³/mol. The van der Waals surface area contributed by atoms with Crippen molar-refractivity contribution in [2.45, 2.75) is 30.7 Å². The summed E-state index contributed by atoms with van der Waals surface area (Å²) in [7, 11) is -1.74. The lowest BCUT2D eigenvalue weighted by Crippen LogP contribution is -2.26. The van der Waals surface area contributed by atoms with Crippen molar-refractivity contribution >= 4 is 15.7 Å². The van der Waals surface area contributed by atoms with Crippen molar-refractivity contribution in [1.82, 2.24) is 4.72 Å². The summed E-state index contributed by atoms with van der Waals surface area (Å²) >= 11 is 0. The van der Waals surface area contributed by atoms with Crippen LogP contribution in [0.4, 0.5) is 5.69 Å². The summed E-state index contributed by atoms with van der Waals surface area (Å²) in [6.45, 7) is 3.34. The van der Waals surface area contributed by atoms with Crippen LogP contribution in [0.2, 0.25) is 0 Å². The Labute approximate surface area is 127 Å². The largest absolute Gasteiger partial charge is 0.383 e. The van der Waals surface area contributed by atoms with Crippen LogP contribution >= 0.6 is 0 Å². The molecule has 1 unspecified atom stereocenters. The Morgan fingerprint density at radius 2 is 1.95 bits per heavy atom. The lowest BCUT2D eigenvalue weighted by Gasteiger charge is -2.19. The predicted octanol–water partition coefficient (Wildman–Crippen LogP) is 1.15. The van der Waals surface area contributed by atoms with Gasteiger partial charge in [0, 0.05) is 25.4 Å². The molecule has 21 heavy (non-hydrogen) atoms. The zero-order valence-corrected chi connectivity index (χ0v) is 13.4. The summed E-state index contributed by atoms with van der Waals surface area (Å²) in [6, 6.07) is 6.86. The first kappa shape index (κ1) is 17.9. The highest BCUT2D eigenvalue weighted by atomic mass is 32.2. The molecule has 0 saturated heterocycles. The van der Waals surface area contributed by atoms with Crippen LogP contribution in [0.15, 0.2) is 29.2 Å². The molecule has 0 radical (unpaired) electrons. The number of ether oxygens (including phenoxy) is 1. The maximum atomic E-state index is 11.8. The van der Waals surface area contributed by atoms with Gasteiger partial charge in [-0.05, 0) is 43.7 Å². The van der Waals surface area contributed by atoms with Gasteiger partial charge in [0.2, 0.25) is 10.0 Å². The first-order valence-electron chi connectivity index (χ1n) is 7.08. The number of rotatable bonds is 10. The molecule has 4 N–H and O–H groups in total. The molecule has 6 nitrogen and oxygen atoms in total. The second kappa shape index (κ2) is 8.99. The summed E-state index contributed by atoms with van der Waals surface area (Å²) in [6.07, 6.45) is 1.82. The lowest BCUT2D eigenvalue weighted by molar-refractivity contribution is 0.182.